The number of hydrogen-bond donors (Lipinski definition) is 0. The summed E-state index contributed by atoms with van der Waals surface area (Å²) in [6, 6.07) is 0. The van der Waals surface area contributed by atoms with Crippen molar-refractivity contribution >= 4 is 23.9 Å². The van der Waals surface area contributed by atoms with Crippen molar-refractivity contribution in [1.82, 2.24) is 0 Å². The van der Waals surface area contributed by atoms with Crippen LogP contribution in [0.1, 0.15) is 27.7 Å². The van der Waals surface area contributed by atoms with Crippen LogP contribution in [-0.4, -0.2) is 61.5 Å². The molecule has 1 fully saturated rings. The molecule has 9 nitrogen and oxygen atoms in total. The first kappa shape index (κ1) is 18.9. The van der Waals surface area contributed by atoms with Crippen molar-refractivity contribution in [3.05, 3.63) is 0 Å². The van der Waals surface area contributed by atoms with Crippen LogP contribution in [0.5, 0.6) is 0 Å². The molecular formula is C14H20O9. The fourth-order valence-electron chi connectivity index (χ4n) is 2.16. The highest BCUT2D eigenvalue weighted by atomic mass is 16.7. The molecule has 0 aromatic rings. The third kappa shape index (κ3) is 6.23. The fourth-order valence-corrected chi connectivity index (χ4v) is 2.16. The summed E-state index contributed by atoms with van der Waals surface area (Å²) in [6.07, 6.45) is -3.92. The van der Waals surface area contributed by atoms with Crippen LogP contribution >= 0.6 is 0 Å². The predicted molar refractivity (Wildman–Crippen MR) is 73.0 cm³/mol. The Labute approximate surface area is 133 Å². The Kier molecular flexibility index (Phi) is 6.95. The van der Waals surface area contributed by atoms with Crippen LogP contribution in [0.25, 0.3) is 0 Å². The van der Waals surface area contributed by atoms with Crippen LogP contribution in [0.3, 0.4) is 0 Å². The molecule has 23 heavy (non-hydrogen) atoms. The van der Waals surface area contributed by atoms with Gasteiger partial charge in [-0.05, 0) is 0 Å². The zero-order valence-electron chi connectivity index (χ0n) is 13.4. The molecule has 9 heteroatoms. The molecule has 0 aliphatic carbocycles. The number of rotatable bonds is 5. The van der Waals surface area contributed by atoms with Gasteiger partial charge in [0.2, 0.25) is 0 Å². The normalized spacial score (nSPS) is 26.8. The Morgan fingerprint density at radius 1 is 0.826 bits per heavy atom. The van der Waals surface area contributed by atoms with Crippen molar-refractivity contribution in [2.45, 2.75) is 52.1 Å². The lowest BCUT2D eigenvalue weighted by molar-refractivity contribution is -0.231. The summed E-state index contributed by atoms with van der Waals surface area (Å²) in [4.78, 5) is 44.8. The van der Waals surface area contributed by atoms with Gasteiger partial charge in [-0.3, -0.25) is 19.2 Å². The summed E-state index contributed by atoms with van der Waals surface area (Å²) in [5.74, 6) is -2.43. The quantitative estimate of drug-likeness (QED) is 0.496. The summed E-state index contributed by atoms with van der Waals surface area (Å²) >= 11 is 0. The molecule has 130 valence electrons. The third-order valence-corrected chi connectivity index (χ3v) is 2.90. The highest BCUT2D eigenvalue weighted by molar-refractivity contribution is 5.68. The molecule has 0 saturated carbocycles. The van der Waals surface area contributed by atoms with Crippen molar-refractivity contribution in [3.63, 3.8) is 0 Å². The summed E-state index contributed by atoms with van der Waals surface area (Å²) < 4.78 is 25.6. The van der Waals surface area contributed by atoms with E-state index in [1.165, 1.54) is 27.7 Å². The zero-order chi connectivity index (χ0) is 17.6. The van der Waals surface area contributed by atoms with Crippen molar-refractivity contribution in [2.75, 3.05) is 13.2 Å². The topological polar surface area (TPSA) is 114 Å². The van der Waals surface area contributed by atoms with Crippen molar-refractivity contribution in [3.8, 4) is 0 Å². The van der Waals surface area contributed by atoms with Crippen LogP contribution in [-0.2, 0) is 42.9 Å². The lowest BCUT2D eigenvalue weighted by Crippen LogP contribution is -2.58. The predicted octanol–water partition coefficient (Wildman–Crippen LogP) is -0.257. The van der Waals surface area contributed by atoms with Crippen LogP contribution in [0.2, 0.25) is 0 Å². The summed E-state index contributed by atoms with van der Waals surface area (Å²) in [7, 11) is 0. The van der Waals surface area contributed by atoms with Gasteiger partial charge in [0, 0.05) is 27.7 Å². The molecular weight excluding hydrogens is 312 g/mol. The van der Waals surface area contributed by atoms with Gasteiger partial charge in [-0.2, -0.15) is 0 Å². The second kappa shape index (κ2) is 8.47. The first-order chi connectivity index (χ1) is 10.7. The van der Waals surface area contributed by atoms with Crippen LogP contribution in [0.4, 0.5) is 0 Å². The molecule has 1 unspecified atom stereocenters. The Morgan fingerprint density at radius 2 is 1.35 bits per heavy atom. The van der Waals surface area contributed by atoms with Crippen LogP contribution in [0.15, 0.2) is 0 Å². The van der Waals surface area contributed by atoms with Gasteiger partial charge in [0.15, 0.2) is 18.3 Å². The molecule has 1 saturated heterocycles. The maximum Gasteiger partial charge on any atom is 0.303 e. The molecule has 1 rings (SSSR count). The van der Waals surface area contributed by atoms with E-state index < -0.39 is 48.3 Å². The maximum absolute atomic E-state index is 11.3. The van der Waals surface area contributed by atoms with Crippen LogP contribution in [0, 0.1) is 0 Å². The van der Waals surface area contributed by atoms with Gasteiger partial charge in [-0.25, -0.2) is 0 Å². The third-order valence-electron chi connectivity index (χ3n) is 2.90. The summed E-state index contributed by atoms with van der Waals surface area (Å²) in [6.45, 7) is 4.46. The number of hydrogen-bond acceptors (Lipinski definition) is 9. The Balaban J connectivity index is 2.98. The van der Waals surface area contributed by atoms with E-state index in [1.807, 2.05) is 0 Å². The van der Waals surface area contributed by atoms with Gasteiger partial charge in [0.25, 0.3) is 0 Å². The Morgan fingerprint density at radius 3 is 1.83 bits per heavy atom. The number of esters is 4. The van der Waals surface area contributed by atoms with Gasteiger partial charge < -0.3 is 23.7 Å². The average molecular weight is 332 g/mol. The number of ether oxygens (including phenoxy) is 5. The van der Waals surface area contributed by atoms with Crippen LogP contribution < -0.4 is 0 Å². The lowest BCUT2D eigenvalue weighted by atomic mass is 9.99. The monoisotopic (exact) mass is 332 g/mol. The molecule has 0 aromatic heterocycles. The van der Waals surface area contributed by atoms with E-state index in [9.17, 15) is 19.2 Å². The molecule has 0 N–H and O–H groups in total. The standard InChI is InChI=1S/C14H20O9/c1-7(15)19-5-11-13(22-9(3)17)14(23-10(4)18)12(6-20-11)21-8(2)16/h11-14H,5-6H2,1-4H3/t11-,12-,13?,14-/m1/s1. The zero-order valence-corrected chi connectivity index (χ0v) is 13.4. The van der Waals surface area contributed by atoms with Gasteiger partial charge >= 0.3 is 23.9 Å². The van der Waals surface area contributed by atoms with Crippen molar-refractivity contribution in [2.24, 2.45) is 0 Å². The largest absolute Gasteiger partial charge is 0.463 e. The first-order valence-electron chi connectivity index (χ1n) is 6.97. The molecule has 1 aliphatic rings. The highest BCUT2D eigenvalue weighted by Gasteiger charge is 2.47. The molecule has 0 amide bonds. The highest BCUT2D eigenvalue weighted by Crippen LogP contribution is 2.24. The molecule has 0 bridgehead atoms. The van der Waals surface area contributed by atoms with E-state index in [1.54, 1.807) is 0 Å². The van der Waals surface area contributed by atoms with E-state index in [2.05, 4.69) is 0 Å². The molecule has 0 aromatic carbocycles. The Bertz CT molecular complexity index is 473. The van der Waals surface area contributed by atoms with Gasteiger partial charge in [-0.15, -0.1) is 0 Å². The van der Waals surface area contributed by atoms with Crippen molar-refractivity contribution in [1.29, 1.82) is 0 Å². The van der Waals surface area contributed by atoms with Gasteiger partial charge in [-0.1, -0.05) is 0 Å². The van der Waals surface area contributed by atoms with Crippen molar-refractivity contribution < 1.29 is 42.9 Å². The van der Waals surface area contributed by atoms with E-state index in [0.717, 1.165) is 0 Å². The molecule has 4 atom stereocenters. The number of carbonyl (C=O) groups excluding carboxylic acids is 4. The van der Waals surface area contributed by atoms with E-state index in [0.29, 0.717) is 0 Å². The lowest BCUT2D eigenvalue weighted by Gasteiger charge is -2.40. The first-order valence-corrected chi connectivity index (χ1v) is 6.97. The van der Waals surface area contributed by atoms with E-state index in [4.69, 9.17) is 23.7 Å². The minimum atomic E-state index is -1.08. The second-order valence-electron chi connectivity index (χ2n) is 4.97. The fraction of sp³-hybridized carbons (Fsp3) is 0.714. The molecule has 0 spiro atoms. The average Bonchev–Trinajstić information content (AvgIpc) is 2.39. The van der Waals surface area contributed by atoms with E-state index in [-0.39, 0.29) is 13.2 Å². The minimum absolute atomic E-state index is 0.0960. The van der Waals surface area contributed by atoms with Gasteiger partial charge in [0.05, 0.1) is 6.61 Å². The Hall–Kier alpha value is -2.16. The minimum Gasteiger partial charge on any atom is -0.463 e. The summed E-state index contributed by atoms with van der Waals surface area (Å²) in [5, 5.41) is 0. The van der Waals surface area contributed by atoms with Gasteiger partial charge in [0.1, 0.15) is 12.7 Å². The smallest absolute Gasteiger partial charge is 0.303 e. The number of carbonyl (C=O) groups is 4. The van der Waals surface area contributed by atoms with E-state index >= 15 is 0 Å². The maximum atomic E-state index is 11.3. The molecule has 0 radical (unpaired) electrons. The SMILES string of the molecule is CC(=O)OC[C@H]1OC[C@@H](OC(C)=O)[C@@H](OC(C)=O)C1OC(C)=O. The summed E-state index contributed by atoms with van der Waals surface area (Å²) in [5.41, 5.74) is 0. The molecule has 1 aliphatic heterocycles. The molecule has 1 heterocycles. The second-order valence-corrected chi connectivity index (χ2v) is 4.97.